The maximum Gasteiger partial charge on any atom is 0.305 e. The zero-order valence-electron chi connectivity index (χ0n) is 11.8. The second-order valence-electron chi connectivity index (χ2n) is 4.17. The lowest BCUT2D eigenvalue weighted by molar-refractivity contribution is -0.143. The summed E-state index contributed by atoms with van der Waals surface area (Å²) in [5.74, 6) is -0.166. The van der Waals surface area contributed by atoms with Crippen molar-refractivity contribution >= 4 is 11.9 Å². The highest BCUT2D eigenvalue weighted by atomic mass is 16.5. The Kier molecular flexibility index (Phi) is 10.3. The van der Waals surface area contributed by atoms with E-state index in [4.69, 9.17) is 4.74 Å². The van der Waals surface area contributed by atoms with E-state index in [0.29, 0.717) is 32.5 Å². The molecule has 5 heteroatoms. The number of rotatable bonds is 10. The molecular formula is C13H26N2O3. The molecule has 0 aromatic rings. The third-order valence-electron chi connectivity index (χ3n) is 2.68. The number of ether oxygens (including phenoxy) is 1. The summed E-state index contributed by atoms with van der Waals surface area (Å²) in [6, 6.07) is 0.263. The van der Waals surface area contributed by atoms with E-state index in [2.05, 4.69) is 24.5 Å². The van der Waals surface area contributed by atoms with E-state index in [1.807, 2.05) is 0 Å². The molecule has 0 aromatic carbocycles. The molecule has 0 rings (SSSR count). The van der Waals surface area contributed by atoms with Gasteiger partial charge in [-0.3, -0.25) is 9.59 Å². The summed E-state index contributed by atoms with van der Waals surface area (Å²) >= 11 is 0. The molecule has 0 fully saturated rings. The van der Waals surface area contributed by atoms with Crippen LogP contribution in [0.4, 0.5) is 0 Å². The molecule has 0 aliphatic heterocycles. The van der Waals surface area contributed by atoms with Gasteiger partial charge in [0.25, 0.3) is 0 Å². The Bertz CT molecular complexity index is 240. The minimum Gasteiger partial charge on any atom is -0.466 e. The van der Waals surface area contributed by atoms with Crippen LogP contribution in [0.25, 0.3) is 0 Å². The Morgan fingerprint density at radius 2 is 1.83 bits per heavy atom. The van der Waals surface area contributed by atoms with Gasteiger partial charge in [-0.25, -0.2) is 0 Å². The SMILES string of the molecule is CCOC(=O)CCCNCC(=O)NC(CC)CC. The second-order valence-corrected chi connectivity index (χ2v) is 4.17. The normalized spacial score (nSPS) is 10.4. The highest BCUT2D eigenvalue weighted by Gasteiger charge is 2.07. The quantitative estimate of drug-likeness (QED) is 0.457. The predicted molar refractivity (Wildman–Crippen MR) is 71.2 cm³/mol. The van der Waals surface area contributed by atoms with Gasteiger partial charge in [-0.05, 0) is 32.7 Å². The second kappa shape index (κ2) is 11.0. The Labute approximate surface area is 110 Å². The van der Waals surface area contributed by atoms with Crippen molar-refractivity contribution in [3.05, 3.63) is 0 Å². The van der Waals surface area contributed by atoms with Crippen molar-refractivity contribution in [2.45, 2.75) is 52.5 Å². The van der Waals surface area contributed by atoms with Crippen LogP contribution in [0.1, 0.15) is 46.5 Å². The average Bonchev–Trinajstić information content (AvgIpc) is 2.35. The van der Waals surface area contributed by atoms with Crippen molar-refractivity contribution in [2.24, 2.45) is 0 Å². The first-order valence-electron chi connectivity index (χ1n) is 6.79. The molecule has 1 amide bonds. The number of nitrogens with one attached hydrogen (secondary N) is 2. The van der Waals surface area contributed by atoms with Crippen molar-refractivity contribution in [2.75, 3.05) is 19.7 Å². The zero-order chi connectivity index (χ0) is 13.8. The molecule has 0 aliphatic rings. The van der Waals surface area contributed by atoms with Crippen molar-refractivity contribution < 1.29 is 14.3 Å². The van der Waals surface area contributed by atoms with E-state index >= 15 is 0 Å². The van der Waals surface area contributed by atoms with Crippen LogP contribution in [-0.4, -0.2) is 37.6 Å². The summed E-state index contributed by atoms with van der Waals surface area (Å²) in [5, 5.41) is 5.96. The molecule has 2 N–H and O–H groups in total. The Hall–Kier alpha value is -1.10. The molecule has 0 atom stereocenters. The Morgan fingerprint density at radius 1 is 1.17 bits per heavy atom. The number of hydrogen-bond acceptors (Lipinski definition) is 4. The summed E-state index contributed by atoms with van der Waals surface area (Å²) in [6.07, 6.45) is 2.99. The van der Waals surface area contributed by atoms with E-state index in [1.165, 1.54) is 0 Å². The summed E-state index contributed by atoms with van der Waals surface area (Å²) in [7, 11) is 0. The lowest BCUT2D eigenvalue weighted by atomic mass is 10.2. The van der Waals surface area contributed by atoms with Crippen LogP contribution in [0, 0.1) is 0 Å². The summed E-state index contributed by atoms with van der Waals surface area (Å²) in [6.45, 7) is 7.28. The van der Waals surface area contributed by atoms with E-state index in [-0.39, 0.29) is 17.9 Å². The first kappa shape index (κ1) is 16.9. The van der Waals surface area contributed by atoms with Crippen molar-refractivity contribution in [3.8, 4) is 0 Å². The van der Waals surface area contributed by atoms with Gasteiger partial charge in [-0.2, -0.15) is 0 Å². The summed E-state index contributed by atoms with van der Waals surface area (Å²) in [4.78, 5) is 22.5. The maximum absolute atomic E-state index is 11.5. The first-order valence-corrected chi connectivity index (χ1v) is 6.79. The fourth-order valence-corrected chi connectivity index (χ4v) is 1.56. The first-order chi connectivity index (χ1) is 8.63. The molecule has 0 spiro atoms. The molecule has 0 unspecified atom stereocenters. The zero-order valence-corrected chi connectivity index (χ0v) is 11.8. The monoisotopic (exact) mass is 258 g/mol. The van der Waals surface area contributed by atoms with Crippen molar-refractivity contribution in [1.82, 2.24) is 10.6 Å². The molecule has 0 heterocycles. The van der Waals surface area contributed by atoms with Crippen LogP contribution in [0.2, 0.25) is 0 Å². The number of hydrogen-bond donors (Lipinski definition) is 2. The van der Waals surface area contributed by atoms with Gasteiger partial charge in [-0.1, -0.05) is 13.8 Å². The van der Waals surface area contributed by atoms with E-state index in [9.17, 15) is 9.59 Å². The minimum absolute atomic E-state index is 0.0137. The summed E-state index contributed by atoms with van der Waals surface area (Å²) in [5.41, 5.74) is 0. The number of carbonyl (C=O) groups excluding carboxylic acids is 2. The van der Waals surface area contributed by atoms with E-state index in [1.54, 1.807) is 6.92 Å². The number of esters is 1. The fourth-order valence-electron chi connectivity index (χ4n) is 1.56. The average molecular weight is 258 g/mol. The van der Waals surface area contributed by atoms with Crippen LogP contribution in [0.15, 0.2) is 0 Å². The number of carbonyl (C=O) groups is 2. The largest absolute Gasteiger partial charge is 0.466 e. The van der Waals surface area contributed by atoms with E-state index < -0.39 is 0 Å². The topological polar surface area (TPSA) is 67.4 Å². The molecule has 0 aromatic heterocycles. The smallest absolute Gasteiger partial charge is 0.305 e. The standard InChI is InChI=1S/C13H26N2O3/c1-4-11(5-2)15-12(16)10-14-9-7-8-13(17)18-6-3/h11,14H,4-10H2,1-3H3,(H,15,16). The molecule has 0 saturated carbocycles. The molecule has 0 radical (unpaired) electrons. The van der Waals surface area contributed by atoms with E-state index in [0.717, 1.165) is 12.8 Å². The van der Waals surface area contributed by atoms with Gasteiger partial charge in [0, 0.05) is 12.5 Å². The van der Waals surface area contributed by atoms with Crippen LogP contribution in [0.3, 0.4) is 0 Å². The summed E-state index contributed by atoms with van der Waals surface area (Å²) < 4.78 is 4.81. The van der Waals surface area contributed by atoms with Gasteiger partial charge in [0.2, 0.25) is 5.91 Å². The Morgan fingerprint density at radius 3 is 2.39 bits per heavy atom. The molecule has 106 valence electrons. The van der Waals surface area contributed by atoms with Crippen molar-refractivity contribution in [1.29, 1.82) is 0 Å². The lowest BCUT2D eigenvalue weighted by Crippen LogP contribution is -2.40. The van der Waals surface area contributed by atoms with Gasteiger partial charge in [0.1, 0.15) is 0 Å². The maximum atomic E-state index is 11.5. The number of amides is 1. The fraction of sp³-hybridized carbons (Fsp3) is 0.846. The molecular weight excluding hydrogens is 232 g/mol. The van der Waals surface area contributed by atoms with Gasteiger partial charge < -0.3 is 15.4 Å². The van der Waals surface area contributed by atoms with Crippen molar-refractivity contribution in [3.63, 3.8) is 0 Å². The van der Waals surface area contributed by atoms with Gasteiger partial charge in [0.05, 0.1) is 13.2 Å². The molecule has 18 heavy (non-hydrogen) atoms. The van der Waals surface area contributed by atoms with Gasteiger partial charge >= 0.3 is 5.97 Å². The highest BCUT2D eigenvalue weighted by Crippen LogP contribution is 1.95. The molecule has 0 bridgehead atoms. The predicted octanol–water partition coefficient (Wildman–Crippen LogP) is 1.22. The van der Waals surface area contributed by atoms with Crippen LogP contribution < -0.4 is 10.6 Å². The van der Waals surface area contributed by atoms with Crippen LogP contribution >= 0.6 is 0 Å². The van der Waals surface area contributed by atoms with Gasteiger partial charge in [0.15, 0.2) is 0 Å². The van der Waals surface area contributed by atoms with Gasteiger partial charge in [-0.15, -0.1) is 0 Å². The Balaban J connectivity index is 3.48. The minimum atomic E-state index is -0.180. The third kappa shape index (κ3) is 8.98. The lowest BCUT2D eigenvalue weighted by Gasteiger charge is -2.14. The molecule has 5 nitrogen and oxygen atoms in total. The molecule has 0 saturated heterocycles. The third-order valence-corrected chi connectivity index (χ3v) is 2.68. The van der Waals surface area contributed by atoms with Crippen LogP contribution in [-0.2, 0) is 14.3 Å². The molecule has 0 aliphatic carbocycles. The highest BCUT2D eigenvalue weighted by molar-refractivity contribution is 5.78. The van der Waals surface area contributed by atoms with Crippen LogP contribution in [0.5, 0.6) is 0 Å².